The fourth-order valence-corrected chi connectivity index (χ4v) is 3.06. The van der Waals surface area contributed by atoms with Crippen molar-refractivity contribution in [2.45, 2.75) is 37.8 Å². The molecule has 1 fully saturated rings. The third-order valence-electron chi connectivity index (χ3n) is 3.98. The smallest absolute Gasteiger partial charge is 0.259 e. The highest BCUT2D eigenvalue weighted by molar-refractivity contribution is 6.40. The number of halogens is 2. The number of hydrogen-bond donors (Lipinski definition) is 1. The van der Waals surface area contributed by atoms with E-state index >= 15 is 0 Å². The number of ether oxygens (including phenoxy) is 1. The molecule has 2 aliphatic rings. The number of hydroxylamine groups is 2. The number of hydrogen-bond acceptors (Lipinski definition) is 3. The van der Waals surface area contributed by atoms with E-state index in [9.17, 15) is 10.0 Å². The molecule has 1 spiro atoms. The molecule has 0 aliphatic carbocycles. The van der Waals surface area contributed by atoms with Crippen molar-refractivity contribution >= 4 is 29.1 Å². The van der Waals surface area contributed by atoms with E-state index in [4.69, 9.17) is 27.9 Å². The molecule has 3 unspecified atom stereocenters. The van der Waals surface area contributed by atoms with E-state index in [2.05, 4.69) is 0 Å². The summed E-state index contributed by atoms with van der Waals surface area (Å²) in [6, 6.07) is 7.41. The van der Waals surface area contributed by atoms with Crippen LogP contribution in [0.1, 0.15) is 25.8 Å². The van der Waals surface area contributed by atoms with E-state index in [1.807, 2.05) is 38.1 Å². The molecule has 0 saturated carbocycles. The highest BCUT2D eigenvalue weighted by Crippen LogP contribution is 2.50. The minimum Gasteiger partial charge on any atom is -0.490 e. The van der Waals surface area contributed by atoms with Crippen molar-refractivity contribution in [1.82, 2.24) is 5.06 Å². The molecular weight excluding hydrogens is 301 g/mol. The molecule has 1 amide bonds. The summed E-state index contributed by atoms with van der Waals surface area (Å²) in [6.45, 7) is 3.83. The lowest BCUT2D eigenvalue weighted by atomic mass is 9.63. The lowest BCUT2D eigenvalue weighted by Crippen LogP contribution is -2.71. The van der Waals surface area contributed by atoms with Gasteiger partial charge in [0.05, 0.1) is 17.5 Å². The Hall–Kier alpha value is -0.970. The van der Waals surface area contributed by atoms with Crippen LogP contribution >= 0.6 is 23.2 Å². The van der Waals surface area contributed by atoms with E-state index in [1.54, 1.807) is 0 Å². The second-order valence-corrected chi connectivity index (χ2v) is 5.83. The van der Waals surface area contributed by atoms with E-state index in [0.717, 1.165) is 16.4 Å². The van der Waals surface area contributed by atoms with Crippen molar-refractivity contribution in [3.8, 4) is 5.75 Å². The van der Waals surface area contributed by atoms with Gasteiger partial charge in [-0.15, -0.1) is 23.2 Å². The predicted octanol–water partition coefficient (Wildman–Crippen LogP) is 3.14. The highest BCUT2D eigenvalue weighted by Gasteiger charge is 2.62. The SMILES string of the molecule is CC1CC2(C(=O)N(O)C2C)c2ccccc2O1.ClCCl. The molecule has 1 aromatic rings. The molecule has 4 nitrogen and oxygen atoms in total. The maximum absolute atomic E-state index is 12.1. The standard InChI is InChI=1S/C13H15NO3.CH2Cl2/c1-8-7-13(9(2)14(16)12(13)15)10-5-3-4-6-11(10)17-8;2-1-3/h3-6,8-9,16H,7H2,1-2H3;1H2. The highest BCUT2D eigenvalue weighted by atomic mass is 35.5. The van der Waals surface area contributed by atoms with Gasteiger partial charge in [-0.1, -0.05) is 18.2 Å². The average Bonchev–Trinajstić information content (AvgIpc) is 2.45. The maximum Gasteiger partial charge on any atom is 0.259 e. The maximum atomic E-state index is 12.1. The second-order valence-electron chi connectivity index (χ2n) is 5.03. The van der Waals surface area contributed by atoms with Gasteiger partial charge in [0.1, 0.15) is 11.2 Å². The van der Waals surface area contributed by atoms with Crippen molar-refractivity contribution in [1.29, 1.82) is 0 Å². The van der Waals surface area contributed by atoms with Crippen molar-refractivity contribution in [3.05, 3.63) is 29.8 Å². The topological polar surface area (TPSA) is 49.8 Å². The van der Waals surface area contributed by atoms with Crippen LogP contribution in [0.25, 0.3) is 0 Å². The Balaban J connectivity index is 0.000000452. The van der Waals surface area contributed by atoms with Crippen molar-refractivity contribution in [2.24, 2.45) is 0 Å². The van der Waals surface area contributed by atoms with E-state index < -0.39 is 5.41 Å². The molecule has 3 atom stereocenters. The van der Waals surface area contributed by atoms with E-state index in [1.165, 1.54) is 0 Å². The van der Waals surface area contributed by atoms with Gasteiger partial charge in [-0.2, -0.15) is 0 Å². The average molecular weight is 318 g/mol. The molecule has 0 radical (unpaired) electrons. The van der Waals surface area contributed by atoms with Crippen LogP contribution in [0.15, 0.2) is 24.3 Å². The molecule has 0 aromatic heterocycles. The van der Waals surface area contributed by atoms with Gasteiger partial charge in [0.2, 0.25) is 0 Å². The van der Waals surface area contributed by atoms with Crippen LogP contribution in [0.3, 0.4) is 0 Å². The zero-order valence-electron chi connectivity index (χ0n) is 11.3. The fourth-order valence-electron chi connectivity index (χ4n) is 3.06. The molecular formula is C14H17Cl2NO3. The molecule has 2 aliphatic heterocycles. The Morgan fingerprint density at radius 1 is 1.40 bits per heavy atom. The first-order valence-corrected chi connectivity index (χ1v) is 7.46. The van der Waals surface area contributed by atoms with Crippen LogP contribution in [0.5, 0.6) is 5.75 Å². The zero-order chi connectivity index (χ0) is 14.9. The summed E-state index contributed by atoms with van der Waals surface area (Å²) in [5.41, 5.74) is 0.309. The summed E-state index contributed by atoms with van der Waals surface area (Å²) < 4.78 is 5.74. The summed E-state index contributed by atoms with van der Waals surface area (Å²) in [7, 11) is 0. The first-order valence-electron chi connectivity index (χ1n) is 6.39. The Morgan fingerprint density at radius 3 is 2.60 bits per heavy atom. The molecule has 2 heterocycles. The van der Waals surface area contributed by atoms with Gasteiger partial charge in [-0.05, 0) is 19.9 Å². The summed E-state index contributed by atoms with van der Waals surface area (Å²) in [5, 5.41) is 10.6. The molecule has 1 saturated heterocycles. The van der Waals surface area contributed by atoms with E-state index in [0.29, 0.717) is 6.42 Å². The first kappa shape index (κ1) is 15.4. The van der Waals surface area contributed by atoms with Crippen LogP contribution in [0.2, 0.25) is 0 Å². The Kier molecular flexibility index (Phi) is 4.47. The normalized spacial score (nSPS) is 30.9. The Bertz CT molecular complexity index is 511. The number of carbonyl (C=O) groups is 1. The number of β-lactam (4-membered cyclic amide) rings is 1. The van der Waals surface area contributed by atoms with Crippen molar-refractivity contribution in [3.63, 3.8) is 0 Å². The molecule has 3 rings (SSSR count). The number of alkyl halides is 2. The fraction of sp³-hybridized carbons (Fsp3) is 0.500. The number of benzene rings is 1. The quantitative estimate of drug-likeness (QED) is 0.454. The summed E-state index contributed by atoms with van der Waals surface area (Å²) in [6.07, 6.45) is 0.617. The number of fused-ring (bicyclic) bond motifs is 2. The molecule has 6 heteroatoms. The van der Waals surface area contributed by atoms with Crippen molar-refractivity contribution < 1.29 is 14.7 Å². The van der Waals surface area contributed by atoms with Gasteiger partial charge in [-0.3, -0.25) is 10.0 Å². The number of nitrogens with zero attached hydrogens (tertiary/aromatic N) is 1. The van der Waals surface area contributed by atoms with Gasteiger partial charge < -0.3 is 4.74 Å². The van der Waals surface area contributed by atoms with Crippen molar-refractivity contribution in [2.75, 3.05) is 5.34 Å². The second kappa shape index (κ2) is 5.80. The van der Waals surface area contributed by atoms with Crippen LogP contribution < -0.4 is 4.74 Å². The summed E-state index contributed by atoms with van der Waals surface area (Å²) in [5.74, 6) is 0.548. The molecule has 1 N–H and O–H groups in total. The third-order valence-corrected chi connectivity index (χ3v) is 3.98. The van der Waals surface area contributed by atoms with Crippen LogP contribution in [-0.4, -0.2) is 33.7 Å². The van der Waals surface area contributed by atoms with Gasteiger partial charge in [0.15, 0.2) is 0 Å². The number of para-hydroxylation sites is 1. The minimum absolute atomic E-state index is 0.00926. The van der Waals surface area contributed by atoms with E-state index in [-0.39, 0.29) is 23.4 Å². The zero-order valence-corrected chi connectivity index (χ0v) is 12.9. The molecule has 0 bridgehead atoms. The first-order chi connectivity index (χ1) is 9.48. The van der Waals surface area contributed by atoms with Crippen LogP contribution in [0.4, 0.5) is 0 Å². The molecule has 1 aromatic carbocycles. The summed E-state index contributed by atoms with van der Waals surface area (Å²) in [4.78, 5) is 12.1. The number of rotatable bonds is 0. The van der Waals surface area contributed by atoms with Gasteiger partial charge >= 0.3 is 0 Å². The molecule has 20 heavy (non-hydrogen) atoms. The Morgan fingerprint density at radius 2 is 2.00 bits per heavy atom. The predicted molar refractivity (Wildman–Crippen MR) is 77.5 cm³/mol. The van der Waals surface area contributed by atoms with Crippen LogP contribution in [-0.2, 0) is 10.2 Å². The lowest BCUT2D eigenvalue weighted by Gasteiger charge is -2.54. The van der Waals surface area contributed by atoms with Gasteiger partial charge in [-0.25, -0.2) is 5.06 Å². The Labute approximate surface area is 128 Å². The monoisotopic (exact) mass is 317 g/mol. The van der Waals surface area contributed by atoms with Gasteiger partial charge in [0.25, 0.3) is 5.91 Å². The minimum atomic E-state index is -0.594. The third kappa shape index (κ3) is 2.16. The largest absolute Gasteiger partial charge is 0.490 e. The number of amides is 1. The lowest BCUT2D eigenvalue weighted by molar-refractivity contribution is -0.226. The number of carbonyl (C=O) groups excluding carboxylic acids is 1. The van der Waals surface area contributed by atoms with Crippen LogP contribution in [0, 0.1) is 0 Å². The molecule has 110 valence electrons. The summed E-state index contributed by atoms with van der Waals surface area (Å²) >= 11 is 9.53. The van der Waals surface area contributed by atoms with Gasteiger partial charge in [0, 0.05) is 12.0 Å².